The van der Waals surface area contributed by atoms with Crippen LogP contribution >= 0.6 is 11.3 Å². The van der Waals surface area contributed by atoms with Crippen LogP contribution in [-0.4, -0.2) is 23.2 Å². The van der Waals surface area contributed by atoms with Crippen molar-refractivity contribution in [3.8, 4) is 5.75 Å². The number of ether oxygens (including phenoxy) is 1. The smallest absolute Gasteiger partial charge is 0.250 e. The highest BCUT2D eigenvalue weighted by Crippen LogP contribution is 2.16. The van der Waals surface area contributed by atoms with E-state index < -0.39 is 0 Å². The lowest BCUT2D eigenvalue weighted by molar-refractivity contribution is -0.111. The van der Waals surface area contributed by atoms with Crippen LogP contribution < -0.4 is 10.1 Å². The number of rotatable bonds is 5. The van der Waals surface area contributed by atoms with E-state index in [1.54, 1.807) is 13.2 Å². The van der Waals surface area contributed by atoms with Crippen LogP contribution in [0.1, 0.15) is 17.5 Å². The highest BCUT2D eigenvalue weighted by atomic mass is 32.1. The van der Waals surface area contributed by atoms with Crippen LogP contribution in [0, 0.1) is 0 Å². The number of anilines is 1. The molecule has 1 amide bonds. The van der Waals surface area contributed by atoms with Gasteiger partial charge in [0.25, 0.3) is 0 Å². The first-order chi connectivity index (χ1) is 9.71. The molecule has 0 saturated carbocycles. The summed E-state index contributed by atoms with van der Waals surface area (Å²) >= 11 is 1.38. The third-order valence-corrected chi connectivity index (χ3v) is 3.50. The average molecular weight is 289 g/mol. The number of carbonyl (C=O) groups excluding carboxylic acids is 1. The molecule has 0 aliphatic heterocycles. The van der Waals surface area contributed by atoms with Crippen LogP contribution in [0.25, 0.3) is 6.08 Å². The molecule has 2 rings (SSSR count). The molecule has 5 nitrogen and oxygen atoms in total. The van der Waals surface area contributed by atoms with Gasteiger partial charge in [-0.2, -0.15) is 0 Å². The lowest BCUT2D eigenvalue weighted by Crippen LogP contribution is -2.07. The number of nitrogens with zero attached hydrogens (tertiary/aromatic N) is 2. The number of amides is 1. The molecule has 0 unspecified atom stereocenters. The first-order valence-corrected chi connectivity index (χ1v) is 6.98. The maximum absolute atomic E-state index is 11.7. The highest BCUT2D eigenvalue weighted by Gasteiger charge is 2.04. The van der Waals surface area contributed by atoms with Gasteiger partial charge in [-0.1, -0.05) is 30.4 Å². The van der Waals surface area contributed by atoms with Crippen LogP contribution in [0.5, 0.6) is 5.75 Å². The normalized spacial score (nSPS) is 10.7. The van der Waals surface area contributed by atoms with Gasteiger partial charge in [0.2, 0.25) is 11.0 Å². The Morgan fingerprint density at radius 3 is 3.00 bits per heavy atom. The van der Waals surface area contributed by atoms with E-state index in [4.69, 9.17) is 4.74 Å². The van der Waals surface area contributed by atoms with Crippen molar-refractivity contribution in [3.63, 3.8) is 0 Å². The van der Waals surface area contributed by atoms with Crippen molar-refractivity contribution in [2.75, 3.05) is 12.4 Å². The van der Waals surface area contributed by atoms with Crippen LogP contribution in [0.2, 0.25) is 0 Å². The van der Waals surface area contributed by atoms with E-state index in [9.17, 15) is 4.79 Å². The Hall–Kier alpha value is -2.21. The summed E-state index contributed by atoms with van der Waals surface area (Å²) in [6, 6.07) is 7.47. The second kappa shape index (κ2) is 6.81. The molecular formula is C14H15N3O2S. The van der Waals surface area contributed by atoms with E-state index in [1.807, 2.05) is 31.2 Å². The molecule has 20 heavy (non-hydrogen) atoms. The van der Waals surface area contributed by atoms with Gasteiger partial charge in [-0.3, -0.25) is 10.1 Å². The fraction of sp³-hybridized carbons (Fsp3) is 0.214. The SMILES string of the molecule is CCc1nnc(NC(=O)C=Cc2cccc(OC)c2)s1. The number of methoxy groups -OCH3 is 1. The molecule has 0 saturated heterocycles. The quantitative estimate of drug-likeness (QED) is 0.860. The van der Waals surface area contributed by atoms with E-state index in [-0.39, 0.29) is 5.91 Å². The van der Waals surface area contributed by atoms with Crippen molar-refractivity contribution < 1.29 is 9.53 Å². The van der Waals surface area contributed by atoms with Crippen molar-refractivity contribution in [2.24, 2.45) is 0 Å². The zero-order valence-electron chi connectivity index (χ0n) is 11.3. The monoisotopic (exact) mass is 289 g/mol. The lowest BCUT2D eigenvalue weighted by atomic mass is 10.2. The van der Waals surface area contributed by atoms with Gasteiger partial charge in [-0.15, -0.1) is 10.2 Å². The van der Waals surface area contributed by atoms with Crippen molar-refractivity contribution in [3.05, 3.63) is 40.9 Å². The predicted molar refractivity (Wildman–Crippen MR) is 79.9 cm³/mol. The summed E-state index contributed by atoms with van der Waals surface area (Å²) in [5.74, 6) is 0.524. The predicted octanol–water partition coefficient (Wildman–Crippen LogP) is 2.76. The Labute approximate surface area is 121 Å². The molecule has 104 valence electrons. The fourth-order valence-electron chi connectivity index (χ4n) is 1.51. The van der Waals surface area contributed by atoms with E-state index in [2.05, 4.69) is 15.5 Å². The summed E-state index contributed by atoms with van der Waals surface area (Å²) < 4.78 is 5.12. The molecule has 0 radical (unpaired) electrons. The van der Waals surface area contributed by atoms with Crippen LogP contribution in [0.15, 0.2) is 30.3 Å². The van der Waals surface area contributed by atoms with Crippen molar-refractivity contribution in [2.45, 2.75) is 13.3 Å². The summed E-state index contributed by atoms with van der Waals surface area (Å²) in [5, 5.41) is 11.9. The van der Waals surface area contributed by atoms with Gasteiger partial charge in [0.1, 0.15) is 10.8 Å². The standard InChI is InChI=1S/C14H15N3O2S/c1-3-13-16-17-14(20-13)15-12(18)8-7-10-5-4-6-11(9-10)19-2/h4-9H,3H2,1-2H3,(H,15,17,18). The molecule has 1 aromatic carbocycles. The van der Waals surface area contributed by atoms with Gasteiger partial charge in [-0.25, -0.2) is 0 Å². The third-order valence-electron chi connectivity index (χ3n) is 2.52. The summed E-state index contributed by atoms with van der Waals surface area (Å²) in [7, 11) is 1.61. The number of aryl methyl sites for hydroxylation is 1. The number of nitrogens with one attached hydrogen (secondary N) is 1. The number of aromatic nitrogens is 2. The number of carbonyl (C=O) groups is 1. The number of hydrogen-bond acceptors (Lipinski definition) is 5. The van der Waals surface area contributed by atoms with Gasteiger partial charge in [-0.05, 0) is 30.2 Å². The average Bonchev–Trinajstić information content (AvgIpc) is 2.93. The summed E-state index contributed by atoms with van der Waals surface area (Å²) in [6.45, 7) is 1.99. The fourth-order valence-corrected chi connectivity index (χ4v) is 2.19. The largest absolute Gasteiger partial charge is 0.497 e. The Morgan fingerprint density at radius 1 is 1.45 bits per heavy atom. The molecule has 0 atom stereocenters. The third kappa shape index (κ3) is 3.89. The number of benzene rings is 1. The molecule has 0 bridgehead atoms. The molecule has 2 aromatic rings. The molecule has 1 N–H and O–H groups in total. The van der Waals surface area contributed by atoms with Crippen molar-refractivity contribution in [1.82, 2.24) is 10.2 Å². The van der Waals surface area contributed by atoms with Gasteiger partial charge in [0.05, 0.1) is 7.11 Å². The maximum Gasteiger partial charge on any atom is 0.250 e. The second-order valence-corrected chi connectivity index (χ2v) is 5.02. The molecule has 1 heterocycles. The van der Waals surface area contributed by atoms with Crippen LogP contribution in [-0.2, 0) is 11.2 Å². The minimum atomic E-state index is -0.230. The van der Waals surface area contributed by atoms with Gasteiger partial charge >= 0.3 is 0 Å². The summed E-state index contributed by atoms with van der Waals surface area (Å²) in [4.78, 5) is 11.7. The van der Waals surface area contributed by atoms with E-state index in [0.717, 1.165) is 22.7 Å². The first kappa shape index (κ1) is 14.2. The molecule has 1 aromatic heterocycles. The maximum atomic E-state index is 11.7. The second-order valence-electron chi connectivity index (χ2n) is 3.95. The highest BCUT2D eigenvalue weighted by molar-refractivity contribution is 7.15. The lowest BCUT2D eigenvalue weighted by Gasteiger charge is -2.00. The Bertz CT molecular complexity index is 622. The topological polar surface area (TPSA) is 64.1 Å². The van der Waals surface area contributed by atoms with Crippen molar-refractivity contribution in [1.29, 1.82) is 0 Å². The molecule has 6 heteroatoms. The van der Waals surface area contributed by atoms with Crippen LogP contribution in [0.3, 0.4) is 0 Å². The Morgan fingerprint density at radius 2 is 2.30 bits per heavy atom. The van der Waals surface area contributed by atoms with E-state index >= 15 is 0 Å². The molecular weight excluding hydrogens is 274 g/mol. The minimum absolute atomic E-state index is 0.230. The van der Waals surface area contributed by atoms with E-state index in [1.165, 1.54) is 17.4 Å². The van der Waals surface area contributed by atoms with Crippen molar-refractivity contribution >= 4 is 28.5 Å². The molecule has 0 spiro atoms. The summed E-state index contributed by atoms with van der Waals surface area (Å²) in [6.07, 6.45) is 3.99. The van der Waals surface area contributed by atoms with Gasteiger partial charge in [0.15, 0.2) is 0 Å². The molecule has 0 aliphatic carbocycles. The number of hydrogen-bond donors (Lipinski definition) is 1. The van der Waals surface area contributed by atoms with Gasteiger partial charge in [0, 0.05) is 6.08 Å². The zero-order chi connectivity index (χ0) is 14.4. The minimum Gasteiger partial charge on any atom is -0.497 e. The first-order valence-electron chi connectivity index (χ1n) is 6.16. The zero-order valence-corrected chi connectivity index (χ0v) is 12.1. The Balaban J connectivity index is 1.97. The van der Waals surface area contributed by atoms with Crippen LogP contribution in [0.4, 0.5) is 5.13 Å². The summed E-state index contributed by atoms with van der Waals surface area (Å²) in [5.41, 5.74) is 0.894. The molecule has 0 fully saturated rings. The molecule has 0 aliphatic rings. The van der Waals surface area contributed by atoms with Gasteiger partial charge < -0.3 is 4.74 Å². The van der Waals surface area contributed by atoms with E-state index in [0.29, 0.717) is 5.13 Å². The Kier molecular flexibility index (Phi) is 4.84.